The SMILES string of the molecule is O=S(=O)(NCC(c1ccccc1Cl)N1CCCC1)c1cccnc1. The smallest absolute Gasteiger partial charge is 0.242 e. The summed E-state index contributed by atoms with van der Waals surface area (Å²) in [5.41, 5.74) is 0.954. The Bertz CT molecular complexity index is 777. The van der Waals surface area contributed by atoms with E-state index in [-0.39, 0.29) is 17.5 Å². The molecule has 0 spiro atoms. The van der Waals surface area contributed by atoms with Crippen molar-refractivity contribution in [2.24, 2.45) is 0 Å². The average Bonchev–Trinajstić information content (AvgIpc) is 3.12. The van der Waals surface area contributed by atoms with Crippen molar-refractivity contribution in [3.8, 4) is 0 Å². The van der Waals surface area contributed by atoms with Crippen molar-refractivity contribution >= 4 is 21.6 Å². The van der Waals surface area contributed by atoms with E-state index < -0.39 is 10.0 Å². The predicted octanol–water partition coefficient (Wildman–Crippen LogP) is 2.85. The van der Waals surface area contributed by atoms with E-state index in [1.165, 1.54) is 12.3 Å². The molecule has 128 valence electrons. The normalized spacial score (nSPS) is 17.0. The number of halogens is 1. The summed E-state index contributed by atoms with van der Waals surface area (Å²) < 4.78 is 27.6. The van der Waals surface area contributed by atoms with Gasteiger partial charge >= 0.3 is 0 Å². The van der Waals surface area contributed by atoms with Crippen LogP contribution in [-0.4, -0.2) is 37.9 Å². The second kappa shape index (κ2) is 7.61. The molecule has 1 atom stereocenters. The molecule has 0 aliphatic carbocycles. The van der Waals surface area contributed by atoms with Gasteiger partial charge in [0.1, 0.15) is 4.90 Å². The van der Waals surface area contributed by atoms with Crippen LogP contribution in [0.1, 0.15) is 24.4 Å². The largest absolute Gasteiger partial charge is 0.295 e. The van der Waals surface area contributed by atoms with E-state index in [4.69, 9.17) is 11.6 Å². The number of nitrogens with zero attached hydrogens (tertiary/aromatic N) is 2. The Kier molecular flexibility index (Phi) is 5.50. The van der Waals surface area contributed by atoms with Crippen LogP contribution < -0.4 is 4.72 Å². The van der Waals surface area contributed by atoms with Gasteiger partial charge in [-0.3, -0.25) is 9.88 Å². The van der Waals surface area contributed by atoms with E-state index >= 15 is 0 Å². The van der Waals surface area contributed by atoms with Crippen LogP contribution in [0, 0.1) is 0 Å². The van der Waals surface area contributed by atoms with E-state index in [9.17, 15) is 8.42 Å². The first-order valence-corrected chi connectivity index (χ1v) is 9.82. The molecule has 1 aliphatic rings. The van der Waals surface area contributed by atoms with Gasteiger partial charge in [0, 0.05) is 30.0 Å². The van der Waals surface area contributed by atoms with E-state index in [1.807, 2.05) is 24.3 Å². The Labute approximate surface area is 147 Å². The average molecular weight is 366 g/mol. The van der Waals surface area contributed by atoms with Gasteiger partial charge in [0.25, 0.3) is 0 Å². The number of aromatic nitrogens is 1. The molecule has 1 aromatic carbocycles. The molecule has 1 N–H and O–H groups in total. The zero-order valence-corrected chi connectivity index (χ0v) is 14.8. The van der Waals surface area contributed by atoms with E-state index in [0.29, 0.717) is 5.02 Å². The Morgan fingerprint density at radius 2 is 1.92 bits per heavy atom. The minimum atomic E-state index is -3.59. The van der Waals surface area contributed by atoms with Crippen LogP contribution in [-0.2, 0) is 10.0 Å². The summed E-state index contributed by atoms with van der Waals surface area (Å²) in [6, 6.07) is 10.7. The Morgan fingerprint density at radius 3 is 2.58 bits per heavy atom. The lowest BCUT2D eigenvalue weighted by Crippen LogP contribution is -2.37. The van der Waals surface area contributed by atoms with Crippen molar-refractivity contribution in [3.63, 3.8) is 0 Å². The van der Waals surface area contributed by atoms with Gasteiger partial charge in [-0.2, -0.15) is 0 Å². The Hall–Kier alpha value is -1.47. The van der Waals surface area contributed by atoms with Crippen molar-refractivity contribution in [1.29, 1.82) is 0 Å². The van der Waals surface area contributed by atoms with Gasteiger partial charge < -0.3 is 0 Å². The molecular formula is C17H20ClN3O2S. The summed E-state index contributed by atoms with van der Waals surface area (Å²) in [5.74, 6) is 0. The van der Waals surface area contributed by atoms with Crippen molar-refractivity contribution in [1.82, 2.24) is 14.6 Å². The van der Waals surface area contributed by atoms with E-state index in [1.54, 1.807) is 12.3 Å². The van der Waals surface area contributed by atoms with Crippen LogP contribution >= 0.6 is 11.6 Å². The molecule has 1 aliphatic heterocycles. The van der Waals surface area contributed by atoms with Crippen molar-refractivity contribution in [2.45, 2.75) is 23.8 Å². The minimum Gasteiger partial charge on any atom is -0.295 e. The number of hydrogen-bond donors (Lipinski definition) is 1. The molecule has 1 aromatic heterocycles. The van der Waals surface area contributed by atoms with Crippen LogP contribution in [0.25, 0.3) is 0 Å². The molecule has 0 radical (unpaired) electrons. The standard InChI is InChI=1S/C17H20ClN3O2S/c18-16-8-2-1-7-15(16)17(21-10-3-4-11-21)13-20-24(22,23)14-6-5-9-19-12-14/h1-2,5-9,12,17,20H,3-4,10-11,13H2. The summed E-state index contributed by atoms with van der Waals surface area (Å²) in [5, 5.41) is 0.662. The monoisotopic (exact) mass is 365 g/mol. The number of likely N-dealkylation sites (tertiary alicyclic amines) is 1. The zero-order valence-electron chi connectivity index (χ0n) is 13.2. The maximum atomic E-state index is 12.5. The van der Waals surface area contributed by atoms with Gasteiger partial charge in [0.05, 0.1) is 0 Å². The number of rotatable bonds is 6. The molecule has 2 aromatic rings. The lowest BCUT2D eigenvalue weighted by atomic mass is 10.1. The fourth-order valence-electron chi connectivity index (χ4n) is 3.01. The predicted molar refractivity (Wildman–Crippen MR) is 94.4 cm³/mol. The third kappa shape index (κ3) is 3.95. The molecule has 0 bridgehead atoms. The maximum absolute atomic E-state index is 12.5. The molecule has 5 nitrogen and oxygen atoms in total. The molecule has 24 heavy (non-hydrogen) atoms. The third-order valence-electron chi connectivity index (χ3n) is 4.26. The van der Waals surface area contributed by atoms with Crippen LogP contribution in [0.15, 0.2) is 53.7 Å². The van der Waals surface area contributed by atoms with Crippen molar-refractivity contribution in [2.75, 3.05) is 19.6 Å². The molecule has 1 fully saturated rings. The summed E-state index contributed by atoms with van der Waals surface area (Å²) >= 11 is 6.35. The molecular weight excluding hydrogens is 346 g/mol. The highest BCUT2D eigenvalue weighted by Gasteiger charge is 2.27. The first-order valence-electron chi connectivity index (χ1n) is 7.96. The molecule has 0 amide bonds. The molecule has 7 heteroatoms. The number of benzene rings is 1. The van der Waals surface area contributed by atoms with Crippen molar-refractivity contribution < 1.29 is 8.42 Å². The van der Waals surface area contributed by atoms with Gasteiger partial charge in [-0.05, 0) is 49.7 Å². The fraction of sp³-hybridized carbons (Fsp3) is 0.353. The van der Waals surface area contributed by atoms with Gasteiger partial charge in [0.2, 0.25) is 10.0 Å². The molecule has 1 saturated heterocycles. The van der Waals surface area contributed by atoms with Gasteiger partial charge in [-0.15, -0.1) is 0 Å². The second-order valence-corrected chi connectivity index (χ2v) is 8.00. The van der Waals surface area contributed by atoms with Gasteiger partial charge in [-0.25, -0.2) is 13.1 Å². The highest BCUT2D eigenvalue weighted by atomic mass is 35.5. The fourth-order valence-corrected chi connectivity index (χ4v) is 4.28. The number of pyridine rings is 1. The van der Waals surface area contributed by atoms with Crippen LogP contribution in [0.5, 0.6) is 0 Å². The van der Waals surface area contributed by atoms with Gasteiger partial charge in [-0.1, -0.05) is 29.8 Å². The Balaban J connectivity index is 1.81. The molecule has 0 saturated carbocycles. The number of nitrogens with one attached hydrogen (secondary N) is 1. The van der Waals surface area contributed by atoms with E-state index in [2.05, 4.69) is 14.6 Å². The Morgan fingerprint density at radius 1 is 1.17 bits per heavy atom. The maximum Gasteiger partial charge on any atom is 0.242 e. The molecule has 1 unspecified atom stereocenters. The third-order valence-corrected chi connectivity index (χ3v) is 6.01. The molecule has 2 heterocycles. The quantitative estimate of drug-likeness (QED) is 0.855. The van der Waals surface area contributed by atoms with Crippen LogP contribution in [0.3, 0.4) is 0 Å². The van der Waals surface area contributed by atoms with Crippen molar-refractivity contribution in [3.05, 3.63) is 59.4 Å². The highest BCUT2D eigenvalue weighted by Crippen LogP contribution is 2.30. The lowest BCUT2D eigenvalue weighted by molar-refractivity contribution is 0.246. The topological polar surface area (TPSA) is 62.3 Å². The summed E-state index contributed by atoms with van der Waals surface area (Å²) in [6.45, 7) is 2.18. The van der Waals surface area contributed by atoms with E-state index in [0.717, 1.165) is 31.5 Å². The van der Waals surface area contributed by atoms with Crippen LogP contribution in [0.2, 0.25) is 5.02 Å². The lowest BCUT2D eigenvalue weighted by Gasteiger charge is -2.28. The summed E-state index contributed by atoms with van der Waals surface area (Å²) in [7, 11) is -3.59. The minimum absolute atomic E-state index is 0.0763. The summed E-state index contributed by atoms with van der Waals surface area (Å²) in [4.78, 5) is 6.33. The van der Waals surface area contributed by atoms with Gasteiger partial charge in [0.15, 0.2) is 0 Å². The first kappa shape index (κ1) is 17.4. The highest BCUT2D eigenvalue weighted by molar-refractivity contribution is 7.89. The number of sulfonamides is 1. The zero-order chi connectivity index (χ0) is 17.0. The summed E-state index contributed by atoms with van der Waals surface area (Å²) in [6.07, 6.45) is 5.14. The second-order valence-electron chi connectivity index (χ2n) is 5.82. The number of hydrogen-bond acceptors (Lipinski definition) is 4. The van der Waals surface area contributed by atoms with Crippen LogP contribution in [0.4, 0.5) is 0 Å². The molecule has 3 rings (SSSR count). The first-order chi connectivity index (χ1) is 11.6.